The van der Waals surface area contributed by atoms with E-state index in [4.69, 9.17) is 10.5 Å². The quantitative estimate of drug-likeness (QED) is 0.782. The molecule has 1 aromatic carbocycles. The van der Waals surface area contributed by atoms with Crippen LogP contribution < -0.4 is 10.5 Å². The average Bonchev–Trinajstić information content (AvgIpc) is 2.99. The molecule has 0 saturated heterocycles. The summed E-state index contributed by atoms with van der Waals surface area (Å²) >= 11 is 0. The van der Waals surface area contributed by atoms with Gasteiger partial charge in [-0.2, -0.15) is 9.78 Å². The Morgan fingerprint density at radius 1 is 1.23 bits per heavy atom. The number of aromatic nitrogens is 4. The van der Waals surface area contributed by atoms with Crippen LogP contribution >= 0.6 is 0 Å². The summed E-state index contributed by atoms with van der Waals surface area (Å²) in [5.74, 6) is 1.90. The second-order valence-electron chi connectivity index (χ2n) is 5.20. The smallest absolute Gasteiger partial charge is 0.252 e. The van der Waals surface area contributed by atoms with Gasteiger partial charge in [0.1, 0.15) is 11.6 Å². The zero-order valence-electron chi connectivity index (χ0n) is 12.2. The van der Waals surface area contributed by atoms with Crippen molar-refractivity contribution >= 4 is 5.82 Å². The summed E-state index contributed by atoms with van der Waals surface area (Å²) in [5.41, 5.74) is 10.2. The molecular weight excluding hydrogens is 278 g/mol. The number of hydrogen-bond acceptors (Lipinski definition) is 5. The fourth-order valence-electron chi connectivity index (χ4n) is 2.89. The molecule has 2 N–H and O–H groups in total. The van der Waals surface area contributed by atoms with Crippen molar-refractivity contribution in [2.24, 2.45) is 0 Å². The van der Waals surface area contributed by atoms with Crippen LogP contribution in [0.1, 0.15) is 11.1 Å². The first-order chi connectivity index (χ1) is 10.8. The van der Waals surface area contributed by atoms with E-state index in [0.29, 0.717) is 11.8 Å². The van der Waals surface area contributed by atoms with E-state index in [1.54, 1.807) is 19.4 Å². The third-order valence-corrected chi connectivity index (χ3v) is 3.97. The van der Waals surface area contributed by atoms with Gasteiger partial charge in [-0.15, -0.1) is 0 Å². The van der Waals surface area contributed by atoms with Crippen LogP contribution in [-0.2, 0) is 12.8 Å². The van der Waals surface area contributed by atoms with Crippen molar-refractivity contribution in [3.8, 4) is 23.0 Å². The minimum Gasteiger partial charge on any atom is -0.496 e. The molecule has 0 aliphatic heterocycles. The van der Waals surface area contributed by atoms with Gasteiger partial charge in [-0.05, 0) is 24.5 Å². The number of hydrogen-bond donors (Lipinski definition) is 1. The maximum Gasteiger partial charge on any atom is 0.252 e. The number of fused-ring (bicyclic) bond motifs is 3. The largest absolute Gasteiger partial charge is 0.496 e. The van der Waals surface area contributed by atoms with Gasteiger partial charge >= 0.3 is 0 Å². The van der Waals surface area contributed by atoms with Crippen molar-refractivity contribution in [3.05, 3.63) is 47.8 Å². The zero-order valence-corrected chi connectivity index (χ0v) is 12.2. The fourth-order valence-corrected chi connectivity index (χ4v) is 2.89. The van der Waals surface area contributed by atoms with Gasteiger partial charge in [0.15, 0.2) is 0 Å². The molecule has 3 aromatic rings. The lowest BCUT2D eigenvalue weighted by Gasteiger charge is -2.21. The Balaban J connectivity index is 1.91. The Morgan fingerprint density at radius 3 is 2.91 bits per heavy atom. The zero-order chi connectivity index (χ0) is 15.1. The van der Waals surface area contributed by atoms with Crippen LogP contribution in [0.5, 0.6) is 5.75 Å². The van der Waals surface area contributed by atoms with Gasteiger partial charge in [-0.25, -0.2) is 9.97 Å². The van der Waals surface area contributed by atoms with Gasteiger partial charge in [0.05, 0.1) is 19.0 Å². The molecule has 4 rings (SSSR count). The van der Waals surface area contributed by atoms with Crippen LogP contribution in [0, 0.1) is 0 Å². The molecule has 1 aliphatic rings. The number of rotatable bonds is 2. The molecule has 0 spiro atoms. The highest BCUT2D eigenvalue weighted by Gasteiger charge is 2.21. The number of nitrogens with two attached hydrogens (primary N) is 1. The molecule has 110 valence electrons. The molecule has 0 bridgehead atoms. The molecule has 0 amide bonds. The number of nitrogens with zero attached hydrogens (tertiary/aromatic N) is 4. The minimum absolute atomic E-state index is 0.483. The van der Waals surface area contributed by atoms with Gasteiger partial charge in [-0.3, -0.25) is 0 Å². The second-order valence-corrected chi connectivity index (χ2v) is 5.20. The summed E-state index contributed by atoms with van der Waals surface area (Å²) in [7, 11) is 1.70. The number of aryl methyl sites for hydroxylation is 1. The van der Waals surface area contributed by atoms with Crippen molar-refractivity contribution < 1.29 is 4.74 Å². The lowest BCUT2D eigenvalue weighted by atomic mass is 9.89. The summed E-state index contributed by atoms with van der Waals surface area (Å²) in [5, 5.41) is 4.17. The van der Waals surface area contributed by atoms with Crippen molar-refractivity contribution in [1.82, 2.24) is 19.7 Å². The molecule has 0 radical (unpaired) electrons. The van der Waals surface area contributed by atoms with E-state index in [2.05, 4.69) is 21.1 Å². The van der Waals surface area contributed by atoms with Gasteiger partial charge in [0.25, 0.3) is 5.95 Å². The first kappa shape index (κ1) is 12.8. The van der Waals surface area contributed by atoms with Crippen molar-refractivity contribution in [1.29, 1.82) is 0 Å². The maximum atomic E-state index is 5.89. The lowest BCUT2D eigenvalue weighted by Crippen LogP contribution is -2.12. The Morgan fingerprint density at radius 2 is 2.14 bits per heavy atom. The molecule has 0 unspecified atom stereocenters. The molecule has 0 fully saturated rings. The average molecular weight is 293 g/mol. The number of nitrogen functional groups attached to an aromatic ring is 1. The minimum atomic E-state index is 0.483. The van der Waals surface area contributed by atoms with E-state index in [1.165, 1.54) is 10.2 Å². The van der Waals surface area contributed by atoms with Crippen LogP contribution in [0.4, 0.5) is 5.82 Å². The third kappa shape index (κ3) is 1.84. The van der Waals surface area contributed by atoms with E-state index in [0.717, 1.165) is 35.4 Å². The third-order valence-electron chi connectivity index (χ3n) is 3.97. The Hall–Kier alpha value is -2.89. The van der Waals surface area contributed by atoms with E-state index in [9.17, 15) is 0 Å². The monoisotopic (exact) mass is 293 g/mol. The molecule has 1 aliphatic carbocycles. The molecule has 0 saturated carbocycles. The number of methoxy groups -OCH3 is 1. The molecule has 2 heterocycles. The first-order valence-electron chi connectivity index (χ1n) is 7.10. The normalized spacial score (nSPS) is 12.6. The van der Waals surface area contributed by atoms with Crippen LogP contribution in [0.25, 0.3) is 17.2 Å². The van der Waals surface area contributed by atoms with Crippen LogP contribution in [0.15, 0.2) is 36.7 Å². The van der Waals surface area contributed by atoms with Crippen molar-refractivity contribution in [2.75, 3.05) is 12.8 Å². The standard InChI is InChI=1S/C16H15N5O/c1-22-13-4-2-3-12-11(13)6-5-10-9-18-16(20-15(10)12)21-14(17)7-8-19-21/h2-4,7-9H,5-6,17H2,1H3. The topological polar surface area (TPSA) is 78.8 Å². The molecule has 6 nitrogen and oxygen atoms in total. The van der Waals surface area contributed by atoms with Gasteiger partial charge < -0.3 is 10.5 Å². The van der Waals surface area contributed by atoms with Crippen LogP contribution in [-0.4, -0.2) is 26.9 Å². The maximum absolute atomic E-state index is 5.89. The SMILES string of the molecule is COc1cccc2c1CCc1cnc(-n3nccc3N)nc1-2. The summed E-state index contributed by atoms with van der Waals surface area (Å²) in [6, 6.07) is 7.76. The Bertz CT molecular complexity index is 855. The number of anilines is 1. The van der Waals surface area contributed by atoms with Crippen molar-refractivity contribution in [2.45, 2.75) is 12.8 Å². The molecule has 2 aromatic heterocycles. The predicted molar refractivity (Wildman–Crippen MR) is 83.0 cm³/mol. The lowest BCUT2D eigenvalue weighted by molar-refractivity contribution is 0.409. The summed E-state index contributed by atoms with van der Waals surface area (Å²) < 4.78 is 7.00. The van der Waals surface area contributed by atoms with Crippen LogP contribution in [0.2, 0.25) is 0 Å². The Labute approximate surface area is 127 Å². The van der Waals surface area contributed by atoms with E-state index >= 15 is 0 Å². The summed E-state index contributed by atoms with van der Waals surface area (Å²) in [6.45, 7) is 0. The fraction of sp³-hybridized carbons (Fsp3) is 0.188. The summed E-state index contributed by atoms with van der Waals surface area (Å²) in [6.07, 6.45) is 5.33. The summed E-state index contributed by atoms with van der Waals surface area (Å²) in [4.78, 5) is 9.08. The molecular formula is C16H15N5O. The highest BCUT2D eigenvalue weighted by atomic mass is 16.5. The Kier molecular flexibility index (Phi) is 2.82. The van der Waals surface area contributed by atoms with Crippen LogP contribution in [0.3, 0.4) is 0 Å². The molecule has 6 heteroatoms. The van der Waals surface area contributed by atoms with Gasteiger partial charge in [-0.1, -0.05) is 12.1 Å². The predicted octanol–water partition coefficient (Wildman–Crippen LogP) is 2.02. The molecule has 0 atom stereocenters. The first-order valence-corrected chi connectivity index (χ1v) is 7.10. The highest BCUT2D eigenvalue weighted by Crippen LogP contribution is 2.36. The number of benzene rings is 1. The van der Waals surface area contributed by atoms with E-state index < -0.39 is 0 Å². The highest BCUT2D eigenvalue weighted by molar-refractivity contribution is 5.72. The van der Waals surface area contributed by atoms with E-state index in [1.807, 2.05) is 18.3 Å². The van der Waals surface area contributed by atoms with E-state index in [-0.39, 0.29) is 0 Å². The molecule has 22 heavy (non-hydrogen) atoms. The second kappa shape index (κ2) is 4.84. The number of ether oxygens (including phenoxy) is 1. The van der Waals surface area contributed by atoms with Crippen molar-refractivity contribution in [3.63, 3.8) is 0 Å². The van der Waals surface area contributed by atoms with Gasteiger partial charge in [0.2, 0.25) is 0 Å². The van der Waals surface area contributed by atoms with Gasteiger partial charge in [0, 0.05) is 23.4 Å².